The van der Waals surface area contributed by atoms with Gasteiger partial charge in [-0.3, -0.25) is 14.8 Å². The van der Waals surface area contributed by atoms with Crippen LogP contribution in [0.2, 0.25) is 0 Å². The summed E-state index contributed by atoms with van der Waals surface area (Å²) in [4.78, 5) is 15.3. The molecule has 1 aliphatic heterocycles. The number of carbonyl (C=O) groups is 1. The second kappa shape index (κ2) is 8.02. The average molecular weight is 448 g/mol. The van der Waals surface area contributed by atoms with Gasteiger partial charge in [-0.15, -0.1) is 6.58 Å². The zero-order valence-corrected chi connectivity index (χ0v) is 19.7. The van der Waals surface area contributed by atoms with Gasteiger partial charge in [0.15, 0.2) is 11.6 Å². The van der Waals surface area contributed by atoms with E-state index in [9.17, 15) is 4.79 Å². The molecule has 0 radical (unpaired) electrons. The molecule has 2 aromatic heterocycles. The van der Waals surface area contributed by atoms with E-state index in [1.165, 1.54) is 0 Å². The maximum atomic E-state index is 12.9. The van der Waals surface area contributed by atoms with Crippen molar-refractivity contribution in [2.75, 3.05) is 30.7 Å². The molecule has 0 spiro atoms. The molecule has 8 heteroatoms. The quantitative estimate of drug-likeness (QED) is 0.513. The van der Waals surface area contributed by atoms with Crippen LogP contribution in [0, 0.1) is 12.3 Å². The third-order valence-electron chi connectivity index (χ3n) is 6.98. The van der Waals surface area contributed by atoms with Crippen LogP contribution in [0.25, 0.3) is 16.6 Å². The Bertz CT molecular complexity index is 1230. The van der Waals surface area contributed by atoms with Gasteiger partial charge in [0.05, 0.1) is 33.5 Å². The number of hydrogen-bond acceptors (Lipinski definition) is 6. The Labute approximate surface area is 194 Å². The molecule has 4 N–H and O–H groups in total. The standard InChI is InChI=1S/C25H33N7O/c1-5-8-31-9-6-16(7-10-31)27-18-11-17(12-19-23(18)24(26)29-28-19)32-20-13-25(3,4)14-21(33)22(20)15(2)30-32/h5,11-12,16,27H,1,6-10,13-14H2,2-4H3,(H3,26,28,29). The normalized spacial score (nSPS) is 19.1. The van der Waals surface area contributed by atoms with Crippen LogP contribution in [-0.2, 0) is 6.42 Å². The maximum absolute atomic E-state index is 12.9. The van der Waals surface area contributed by atoms with Gasteiger partial charge < -0.3 is 11.1 Å². The van der Waals surface area contributed by atoms with Crippen molar-refractivity contribution in [2.24, 2.45) is 5.41 Å². The number of piperidine rings is 1. The van der Waals surface area contributed by atoms with E-state index < -0.39 is 0 Å². The van der Waals surface area contributed by atoms with E-state index in [2.05, 4.69) is 46.9 Å². The predicted molar refractivity (Wildman–Crippen MR) is 132 cm³/mol. The van der Waals surface area contributed by atoms with Gasteiger partial charge in [-0.2, -0.15) is 10.2 Å². The minimum absolute atomic E-state index is 0.0860. The first-order valence-electron chi connectivity index (χ1n) is 11.8. The van der Waals surface area contributed by atoms with Crippen molar-refractivity contribution in [2.45, 2.75) is 52.5 Å². The highest BCUT2D eigenvalue weighted by molar-refractivity contribution is 6.02. The molecule has 1 aliphatic carbocycles. The van der Waals surface area contributed by atoms with E-state index in [1.54, 1.807) is 0 Å². The second-order valence-corrected chi connectivity index (χ2v) is 10.3. The van der Waals surface area contributed by atoms with Gasteiger partial charge in [0.2, 0.25) is 0 Å². The number of H-pyrrole nitrogens is 1. The molecule has 2 aliphatic rings. The molecule has 8 nitrogen and oxygen atoms in total. The Hall–Kier alpha value is -3.13. The van der Waals surface area contributed by atoms with Gasteiger partial charge in [-0.25, -0.2) is 4.68 Å². The van der Waals surface area contributed by atoms with Crippen LogP contribution in [0.4, 0.5) is 11.5 Å². The first-order chi connectivity index (χ1) is 15.8. The van der Waals surface area contributed by atoms with E-state index in [4.69, 9.17) is 10.8 Å². The van der Waals surface area contributed by atoms with Gasteiger partial charge in [-0.1, -0.05) is 19.9 Å². The largest absolute Gasteiger partial charge is 0.382 e. The Morgan fingerprint density at radius 2 is 2.06 bits per heavy atom. The summed E-state index contributed by atoms with van der Waals surface area (Å²) in [6, 6.07) is 4.48. The molecule has 1 saturated heterocycles. The lowest BCUT2D eigenvalue weighted by Crippen LogP contribution is -2.39. The summed E-state index contributed by atoms with van der Waals surface area (Å²) in [5.74, 6) is 0.666. The number of nitrogens with one attached hydrogen (secondary N) is 2. The highest BCUT2D eigenvalue weighted by Crippen LogP contribution is 2.38. The number of hydrogen-bond donors (Lipinski definition) is 3. The summed E-state index contributed by atoms with van der Waals surface area (Å²) in [7, 11) is 0. The number of nitrogens with two attached hydrogens (primary N) is 1. The van der Waals surface area contributed by atoms with E-state index >= 15 is 0 Å². The third kappa shape index (κ3) is 3.93. The summed E-state index contributed by atoms with van der Waals surface area (Å²) in [5.41, 5.74) is 11.4. The molecule has 5 rings (SSSR count). The van der Waals surface area contributed by atoms with E-state index in [0.717, 1.165) is 78.1 Å². The van der Waals surface area contributed by atoms with Crippen molar-refractivity contribution < 1.29 is 4.79 Å². The van der Waals surface area contributed by atoms with Crippen molar-refractivity contribution in [1.29, 1.82) is 0 Å². The molecule has 1 aromatic carbocycles. The Morgan fingerprint density at radius 3 is 2.79 bits per heavy atom. The number of aromatic nitrogens is 4. The number of Topliss-reactive ketones (excluding diaryl/α,β-unsaturated/α-hetero) is 1. The number of anilines is 2. The minimum atomic E-state index is -0.0860. The summed E-state index contributed by atoms with van der Waals surface area (Å²) in [6.45, 7) is 13.1. The first kappa shape index (κ1) is 21.7. The van der Waals surface area contributed by atoms with Crippen molar-refractivity contribution >= 4 is 28.2 Å². The molecule has 3 aromatic rings. The second-order valence-electron chi connectivity index (χ2n) is 10.3. The molecule has 1 fully saturated rings. The van der Waals surface area contributed by atoms with Crippen molar-refractivity contribution in [1.82, 2.24) is 24.9 Å². The van der Waals surface area contributed by atoms with E-state index in [-0.39, 0.29) is 11.2 Å². The molecule has 33 heavy (non-hydrogen) atoms. The first-order valence-corrected chi connectivity index (χ1v) is 11.8. The van der Waals surface area contributed by atoms with E-state index in [0.29, 0.717) is 18.3 Å². The number of nitrogens with zero attached hydrogens (tertiary/aromatic N) is 4. The number of fused-ring (bicyclic) bond motifs is 2. The average Bonchev–Trinajstić information content (AvgIpc) is 3.28. The van der Waals surface area contributed by atoms with Crippen molar-refractivity contribution in [3.63, 3.8) is 0 Å². The topological polar surface area (TPSA) is 105 Å². The molecular formula is C25H33N7O. The van der Waals surface area contributed by atoms with Gasteiger partial charge in [0.25, 0.3) is 0 Å². The van der Waals surface area contributed by atoms with Crippen LogP contribution in [0.5, 0.6) is 0 Å². The molecule has 0 bridgehead atoms. The van der Waals surface area contributed by atoms with Gasteiger partial charge in [0.1, 0.15) is 0 Å². The maximum Gasteiger partial charge on any atom is 0.167 e. The Morgan fingerprint density at radius 1 is 1.30 bits per heavy atom. The molecule has 174 valence electrons. The predicted octanol–water partition coefficient (Wildman–Crippen LogP) is 3.86. The number of rotatable bonds is 5. The van der Waals surface area contributed by atoms with Gasteiger partial charge in [-0.05, 0) is 43.7 Å². The summed E-state index contributed by atoms with van der Waals surface area (Å²) < 4.78 is 1.94. The lowest BCUT2D eigenvalue weighted by atomic mass is 9.75. The molecule has 0 amide bonds. The van der Waals surface area contributed by atoms with Crippen LogP contribution in [-0.4, -0.2) is 56.3 Å². The van der Waals surface area contributed by atoms with Gasteiger partial charge >= 0.3 is 0 Å². The number of ketones is 1. The molecule has 3 heterocycles. The monoisotopic (exact) mass is 447 g/mol. The third-order valence-corrected chi connectivity index (χ3v) is 6.98. The lowest BCUT2D eigenvalue weighted by molar-refractivity contribution is 0.0910. The SMILES string of the molecule is C=CCN1CCC(Nc2cc(-n3nc(C)c4c3CC(C)(C)CC4=O)cc3[nH]nc(N)c23)CC1. The number of aryl methyl sites for hydroxylation is 1. The Kier molecular flexibility index (Phi) is 5.28. The zero-order chi connectivity index (χ0) is 23.3. The number of likely N-dealkylation sites (tertiary alicyclic amines) is 1. The lowest BCUT2D eigenvalue weighted by Gasteiger charge is -2.32. The summed E-state index contributed by atoms with van der Waals surface area (Å²) in [6.07, 6.45) is 5.43. The van der Waals surface area contributed by atoms with Crippen LogP contribution in [0.15, 0.2) is 24.8 Å². The number of carbonyl (C=O) groups excluding carboxylic acids is 1. The number of aromatic amines is 1. The molecule has 0 unspecified atom stereocenters. The molecular weight excluding hydrogens is 414 g/mol. The fraction of sp³-hybridized carbons (Fsp3) is 0.480. The van der Waals surface area contributed by atoms with Crippen LogP contribution < -0.4 is 11.1 Å². The van der Waals surface area contributed by atoms with Crippen LogP contribution in [0.3, 0.4) is 0 Å². The van der Waals surface area contributed by atoms with Crippen molar-refractivity contribution in [3.8, 4) is 5.69 Å². The number of benzene rings is 1. The molecule has 0 atom stereocenters. The highest BCUT2D eigenvalue weighted by Gasteiger charge is 2.36. The van der Waals surface area contributed by atoms with Crippen LogP contribution >= 0.6 is 0 Å². The molecule has 0 saturated carbocycles. The van der Waals surface area contributed by atoms with Crippen molar-refractivity contribution in [3.05, 3.63) is 41.7 Å². The highest BCUT2D eigenvalue weighted by atomic mass is 16.1. The smallest absolute Gasteiger partial charge is 0.167 e. The zero-order valence-electron chi connectivity index (χ0n) is 19.7. The fourth-order valence-electron chi connectivity index (χ4n) is 5.42. The number of nitrogen functional groups attached to an aromatic ring is 1. The minimum Gasteiger partial charge on any atom is -0.382 e. The summed E-state index contributed by atoms with van der Waals surface area (Å²) in [5, 5.41) is 16.8. The Balaban J connectivity index is 1.54. The fourth-order valence-corrected chi connectivity index (χ4v) is 5.42. The summed E-state index contributed by atoms with van der Waals surface area (Å²) >= 11 is 0. The van der Waals surface area contributed by atoms with E-state index in [1.807, 2.05) is 23.7 Å². The van der Waals surface area contributed by atoms with Crippen LogP contribution in [0.1, 0.15) is 54.9 Å². The van der Waals surface area contributed by atoms with Gasteiger partial charge in [0, 0.05) is 37.8 Å².